The van der Waals surface area contributed by atoms with Gasteiger partial charge < -0.3 is 4.43 Å². The highest BCUT2D eigenvalue weighted by Gasteiger charge is 2.48. The lowest BCUT2D eigenvalue weighted by molar-refractivity contribution is -0.0584. The summed E-state index contributed by atoms with van der Waals surface area (Å²) in [6, 6.07) is 9.16. The lowest BCUT2D eigenvalue weighted by Crippen LogP contribution is -2.45. The summed E-state index contributed by atoms with van der Waals surface area (Å²) in [7, 11) is -7.98. The van der Waals surface area contributed by atoms with E-state index in [1.165, 1.54) is 0 Å². The van der Waals surface area contributed by atoms with E-state index in [1.54, 1.807) is 0 Å². The van der Waals surface area contributed by atoms with Gasteiger partial charge in [-0.2, -0.15) is 21.6 Å². The fourth-order valence-corrected chi connectivity index (χ4v) is 5.35. The van der Waals surface area contributed by atoms with Crippen molar-refractivity contribution in [3.05, 3.63) is 30.3 Å². The maximum absolute atomic E-state index is 14.4. The molecule has 0 aromatic heterocycles. The minimum Gasteiger partial charge on any atom is -0.412 e. The van der Waals surface area contributed by atoms with Crippen LogP contribution in [-0.4, -0.2) is 41.8 Å². The Labute approximate surface area is 147 Å². The monoisotopic (exact) mass is 402 g/mol. The first-order valence-electron chi connectivity index (χ1n) is 7.47. The van der Waals surface area contributed by atoms with Gasteiger partial charge in [-0.1, -0.05) is 51.1 Å². The van der Waals surface area contributed by atoms with Gasteiger partial charge in [0.05, 0.1) is 6.61 Å². The van der Waals surface area contributed by atoms with E-state index >= 15 is 0 Å². The normalized spacial score (nSPS) is 17.1. The minimum absolute atomic E-state index is 0.281. The summed E-state index contributed by atoms with van der Waals surface area (Å²) in [5.74, 6) is 0. The topological polar surface area (TPSA) is 52.6 Å². The number of benzene rings is 1. The predicted octanol–water partition coefficient (Wildman–Crippen LogP) is 3.03. The second-order valence-electron chi connectivity index (χ2n) is 7.04. The van der Waals surface area contributed by atoms with E-state index < -0.39 is 43.5 Å². The van der Waals surface area contributed by atoms with Crippen LogP contribution in [0.1, 0.15) is 27.7 Å². The maximum Gasteiger partial charge on any atom is 0.523 e. The predicted molar refractivity (Wildman–Crippen MR) is 89.3 cm³/mol. The van der Waals surface area contributed by atoms with Crippen LogP contribution in [0.25, 0.3) is 0 Å². The Kier molecular flexibility index (Phi) is 6.82. The molecule has 0 spiro atoms. The van der Waals surface area contributed by atoms with E-state index in [4.69, 9.17) is 4.43 Å². The van der Waals surface area contributed by atoms with Crippen LogP contribution in [0.4, 0.5) is 17.6 Å². The Hall–Kier alpha value is -0.973. The molecule has 0 aliphatic rings. The molecule has 0 N–H and O–H groups in total. The molecule has 0 aliphatic heterocycles. The molecular formula is C15H22F4O4SSi. The number of hydrogen-bond acceptors (Lipinski definition) is 4. The van der Waals surface area contributed by atoms with E-state index in [-0.39, 0.29) is 5.04 Å². The molecule has 10 heteroatoms. The van der Waals surface area contributed by atoms with Crippen LogP contribution in [0.3, 0.4) is 0 Å². The Morgan fingerprint density at radius 1 is 0.960 bits per heavy atom. The molecule has 1 aromatic carbocycles. The molecule has 0 amide bonds. The second kappa shape index (κ2) is 7.73. The first-order valence-corrected chi connectivity index (χ1v) is 10.5. The summed E-state index contributed by atoms with van der Waals surface area (Å²) in [5.41, 5.74) is -7.97. The summed E-state index contributed by atoms with van der Waals surface area (Å²) >= 11 is 0. The molecule has 0 saturated heterocycles. The van der Waals surface area contributed by atoms with Gasteiger partial charge in [0.1, 0.15) is 6.61 Å². The average Bonchev–Trinajstić information content (AvgIpc) is 2.44. The summed E-state index contributed by atoms with van der Waals surface area (Å²) < 4.78 is 82.4. The van der Waals surface area contributed by atoms with Gasteiger partial charge in [-0.15, -0.1) is 0 Å². The zero-order valence-electron chi connectivity index (χ0n) is 14.4. The van der Waals surface area contributed by atoms with Gasteiger partial charge >= 0.3 is 15.6 Å². The van der Waals surface area contributed by atoms with Gasteiger partial charge in [-0.25, -0.2) is 4.39 Å². The lowest BCUT2D eigenvalue weighted by Gasteiger charge is -2.32. The van der Waals surface area contributed by atoms with Crippen LogP contribution in [0.5, 0.6) is 0 Å². The average molecular weight is 402 g/mol. The third-order valence-electron chi connectivity index (χ3n) is 3.24. The second-order valence-corrected chi connectivity index (χ2v) is 12.1. The highest BCUT2D eigenvalue weighted by atomic mass is 32.2. The van der Waals surface area contributed by atoms with Crippen molar-refractivity contribution in [3.8, 4) is 0 Å². The third-order valence-corrected chi connectivity index (χ3v) is 7.30. The van der Waals surface area contributed by atoms with Gasteiger partial charge in [0.15, 0.2) is 5.67 Å². The third kappa shape index (κ3) is 6.68. The van der Waals surface area contributed by atoms with Crippen LogP contribution in [0, 0.1) is 0 Å². The molecule has 25 heavy (non-hydrogen) atoms. The van der Waals surface area contributed by atoms with E-state index in [2.05, 4.69) is 4.18 Å². The molecule has 0 saturated carbocycles. The summed E-state index contributed by atoms with van der Waals surface area (Å²) in [6.07, 6.45) is 0. The van der Waals surface area contributed by atoms with Crippen molar-refractivity contribution in [2.75, 3.05) is 13.2 Å². The van der Waals surface area contributed by atoms with Crippen molar-refractivity contribution < 1.29 is 34.6 Å². The van der Waals surface area contributed by atoms with Crippen LogP contribution in [0.2, 0.25) is 5.04 Å². The molecule has 1 aromatic rings. The molecule has 0 fully saturated rings. The quantitative estimate of drug-likeness (QED) is 0.305. The number of alkyl halides is 4. The first kappa shape index (κ1) is 22.1. The van der Waals surface area contributed by atoms with Crippen molar-refractivity contribution >= 4 is 24.3 Å². The van der Waals surface area contributed by atoms with Crippen LogP contribution in [0.15, 0.2) is 30.3 Å². The van der Waals surface area contributed by atoms with Crippen molar-refractivity contribution in [2.45, 2.75) is 43.9 Å². The van der Waals surface area contributed by atoms with Crippen LogP contribution < -0.4 is 5.19 Å². The summed E-state index contributed by atoms with van der Waals surface area (Å²) in [6.45, 7) is 4.89. The highest BCUT2D eigenvalue weighted by molar-refractivity contribution is 7.87. The first-order chi connectivity index (χ1) is 11.2. The SMILES string of the molecule is CC(F)(CO[SiH](c1ccccc1)C(C)(C)C)COS(=O)(=O)C(F)(F)F. The van der Waals surface area contributed by atoms with E-state index in [0.717, 1.165) is 12.1 Å². The zero-order chi connectivity index (χ0) is 19.5. The van der Waals surface area contributed by atoms with Gasteiger partial charge in [0, 0.05) is 0 Å². The van der Waals surface area contributed by atoms with Gasteiger partial charge in [0.2, 0.25) is 9.04 Å². The molecule has 2 atom stereocenters. The number of hydrogen-bond donors (Lipinski definition) is 0. The lowest BCUT2D eigenvalue weighted by atomic mass is 10.2. The van der Waals surface area contributed by atoms with E-state index in [0.29, 0.717) is 0 Å². The van der Waals surface area contributed by atoms with Crippen molar-refractivity contribution in [2.24, 2.45) is 0 Å². The number of halogens is 4. The fraction of sp³-hybridized carbons (Fsp3) is 0.600. The van der Waals surface area contributed by atoms with Gasteiger partial charge in [-0.05, 0) is 17.1 Å². The molecule has 0 heterocycles. The largest absolute Gasteiger partial charge is 0.523 e. The van der Waals surface area contributed by atoms with Gasteiger partial charge in [0.25, 0.3) is 0 Å². The summed E-state index contributed by atoms with van der Waals surface area (Å²) in [5, 5.41) is 0.630. The smallest absolute Gasteiger partial charge is 0.412 e. The van der Waals surface area contributed by atoms with Crippen molar-refractivity contribution in [1.29, 1.82) is 0 Å². The molecule has 144 valence electrons. The fourth-order valence-electron chi connectivity index (χ4n) is 2.04. The highest BCUT2D eigenvalue weighted by Crippen LogP contribution is 2.29. The van der Waals surface area contributed by atoms with Crippen molar-refractivity contribution in [1.82, 2.24) is 0 Å². The Morgan fingerprint density at radius 3 is 1.92 bits per heavy atom. The minimum atomic E-state index is -5.83. The molecule has 4 nitrogen and oxygen atoms in total. The maximum atomic E-state index is 14.4. The molecule has 2 unspecified atom stereocenters. The Balaban J connectivity index is 2.79. The zero-order valence-corrected chi connectivity index (χ0v) is 16.4. The van der Waals surface area contributed by atoms with Crippen LogP contribution in [-0.2, 0) is 18.7 Å². The molecule has 0 aliphatic carbocycles. The summed E-state index contributed by atoms with van der Waals surface area (Å²) in [4.78, 5) is 0. The van der Waals surface area contributed by atoms with E-state index in [1.807, 2.05) is 51.1 Å². The molecule has 0 bridgehead atoms. The van der Waals surface area contributed by atoms with Gasteiger partial charge in [-0.3, -0.25) is 4.18 Å². The molecule has 1 rings (SSSR count). The van der Waals surface area contributed by atoms with E-state index in [9.17, 15) is 26.0 Å². The Morgan fingerprint density at radius 2 is 1.48 bits per heavy atom. The number of rotatable bonds is 7. The van der Waals surface area contributed by atoms with Crippen molar-refractivity contribution in [3.63, 3.8) is 0 Å². The molecular weight excluding hydrogens is 380 g/mol. The molecule has 0 radical (unpaired) electrons. The standard InChI is InChI=1S/C15H22F4O4SSi/c1-13(2,3)25(12-8-6-5-7-9-12)23-11-14(4,16)10-22-24(20,21)15(17,18)19/h5-9,25H,10-11H2,1-4H3. The Bertz CT molecular complexity index is 654. The van der Waals surface area contributed by atoms with Crippen LogP contribution >= 0.6 is 0 Å².